The first-order valence-corrected chi connectivity index (χ1v) is 7.58. The highest BCUT2D eigenvalue weighted by atomic mass is 19.1. The van der Waals surface area contributed by atoms with E-state index in [0.29, 0.717) is 24.2 Å². The molecule has 0 aliphatic carbocycles. The monoisotopic (exact) mass is 324 g/mol. The molecule has 0 radical (unpaired) electrons. The van der Waals surface area contributed by atoms with Crippen molar-refractivity contribution in [2.75, 3.05) is 18.9 Å². The van der Waals surface area contributed by atoms with Crippen LogP contribution in [0, 0.1) is 12.7 Å². The van der Waals surface area contributed by atoms with Gasteiger partial charge in [-0.25, -0.2) is 9.18 Å². The van der Waals surface area contributed by atoms with Crippen LogP contribution < -0.4 is 5.32 Å². The average molecular weight is 324 g/mol. The zero-order valence-electron chi connectivity index (χ0n) is 14.4. The molecule has 1 aromatic rings. The maximum atomic E-state index is 13.4. The number of aryl methyl sites for hydroxylation is 1. The number of hydrogen-bond donors (Lipinski definition) is 1. The van der Waals surface area contributed by atoms with E-state index in [1.54, 1.807) is 46.9 Å². The number of ether oxygens (including phenoxy) is 1. The number of amides is 2. The smallest absolute Gasteiger partial charge is 0.410 e. The predicted octanol–water partition coefficient (Wildman–Crippen LogP) is 3.72. The molecule has 0 aliphatic rings. The molecule has 0 heterocycles. The summed E-state index contributed by atoms with van der Waals surface area (Å²) in [5.41, 5.74) is 0.415. The van der Waals surface area contributed by atoms with Crippen molar-refractivity contribution in [2.24, 2.45) is 0 Å². The highest BCUT2D eigenvalue weighted by Gasteiger charge is 2.19. The topological polar surface area (TPSA) is 58.6 Å². The lowest BCUT2D eigenvalue weighted by Gasteiger charge is -2.24. The van der Waals surface area contributed by atoms with Gasteiger partial charge in [0.25, 0.3) is 0 Å². The maximum Gasteiger partial charge on any atom is 0.410 e. The summed E-state index contributed by atoms with van der Waals surface area (Å²) in [6.45, 7) is 7.46. The van der Waals surface area contributed by atoms with E-state index in [0.717, 1.165) is 0 Å². The van der Waals surface area contributed by atoms with Gasteiger partial charge < -0.3 is 15.0 Å². The third-order valence-corrected chi connectivity index (χ3v) is 3.06. The number of carbonyl (C=O) groups is 2. The molecule has 128 valence electrons. The Kier molecular flexibility index (Phi) is 6.54. The lowest BCUT2D eigenvalue weighted by atomic mass is 10.2. The third kappa shape index (κ3) is 7.13. The van der Waals surface area contributed by atoms with Crippen molar-refractivity contribution in [1.82, 2.24) is 4.90 Å². The van der Waals surface area contributed by atoms with Crippen molar-refractivity contribution >= 4 is 17.7 Å². The molecule has 1 aromatic carbocycles. The number of hydrogen-bond acceptors (Lipinski definition) is 3. The van der Waals surface area contributed by atoms with Crippen LogP contribution in [0.2, 0.25) is 0 Å². The van der Waals surface area contributed by atoms with E-state index in [9.17, 15) is 14.0 Å². The lowest BCUT2D eigenvalue weighted by Crippen LogP contribution is -2.35. The Bertz CT molecular complexity index is 567. The second kappa shape index (κ2) is 7.94. The quantitative estimate of drug-likeness (QED) is 0.898. The van der Waals surface area contributed by atoms with Gasteiger partial charge in [-0.2, -0.15) is 0 Å². The molecule has 0 atom stereocenters. The molecule has 0 aromatic heterocycles. The van der Waals surface area contributed by atoms with Gasteiger partial charge in [-0.3, -0.25) is 4.79 Å². The summed E-state index contributed by atoms with van der Waals surface area (Å²) in [6.07, 6.45) is 0.317. The molecule has 0 saturated carbocycles. The summed E-state index contributed by atoms with van der Waals surface area (Å²) in [6, 6.07) is 4.56. The number of rotatable bonds is 5. The Morgan fingerprint density at radius 2 is 1.96 bits per heavy atom. The highest BCUT2D eigenvalue weighted by Crippen LogP contribution is 2.14. The average Bonchev–Trinajstić information content (AvgIpc) is 2.41. The molecule has 0 aliphatic heterocycles. The van der Waals surface area contributed by atoms with Gasteiger partial charge in [-0.1, -0.05) is 6.07 Å². The van der Waals surface area contributed by atoms with Gasteiger partial charge in [-0.15, -0.1) is 0 Å². The Balaban J connectivity index is 2.36. The van der Waals surface area contributed by atoms with Gasteiger partial charge in [-0.05, 0) is 51.8 Å². The van der Waals surface area contributed by atoms with Crippen molar-refractivity contribution in [1.29, 1.82) is 0 Å². The number of anilines is 1. The molecule has 0 fully saturated rings. The lowest BCUT2D eigenvalue weighted by molar-refractivity contribution is -0.116. The van der Waals surface area contributed by atoms with Crippen LogP contribution >= 0.6 is 0 Å². The first-order valence-electron chi connectivity index (χ1n) is 7.58. The molecule has 0 unspecified atom stereocenters. The van der Waals surface area contributed by atoms with Crippen molar-refractivity contribution in [3.63, 3.8) is 0 Å². The van der Waals surface area contributed by atoms with Crippen molar-refractivity contribution in [2.45, 2.75) is 46.1 Å². The van der Waals surface area contributed by atoms with Crippen LogP contribution in [0.5, 0.6) is 0 Å². The van der Waals surface area contributed by atoms with Crippen LogP contribution in [0.15, 0.2) is 18.2 Å². The molecular weight excluding hydrogens is 299 g/mol. The SMILES string of the molecule is Cc1ccc(NC(=O)CCCN(C)C(=O)OC(C)(C)C)cc1F. The minimum atomic E-state index is -0.543. The van der Waals surface area contributed by atoms with Gasteiger partial charge in [0, 0.05) is 25.7 Å². The zero-order chi connectivity index (χ0) is 17.6. The zero-order valence-corrected chi connectivity index (χ0v) is 14.4. The number of halogens is 1. The molecule has 2 amide bonds. The van der Waals surface area contributed by atoms with E-state index in [1.165, 1.54) is 11.0 Å². The van der Waals surface area contributed by atoms with Crippen molar-refractivity contribution in [3.8, 4) is 0 Å². The first kappa shape index (κ1) is 18.9. The van der Waals surface area contributed by atoms with E-state index >= 15 is 0 Å². The minimum absolute atomic E-state index is 0.217. The van der Waals surface area contributed by atoms with E-state index in [2.05, 4.69) is 5.32 Å². The number of carbonyl (C=O) groups excluding carboxylic acids is 2. The van der Waals surface area contributed by atoms with Gasteiger partial charge in [0.2, 0.25) is 5.91 Å². The van der Waals surface area contributed by atoms with E-state index in [4.69, 9.17) is 4.74 Å². The highest BCUT2D eigenvalue weighted by molar-refractivity contribution is 5.90. The largest absolute Gasteiger partial charge is 0.444 e. The van der Waals surface area contributed by atoms with Crippen LogP contribution in [0.3, 0.4) is 0 Å². The molecule has 1 rings (SSSR count). The molecule has 1 N–H and O–H groups in total. The first-order chi connectivity index (χ1) is 10.6. The second-order valence-electron chi connectivity index (χ2n) is 6.52. The van der Waals surface area contributed by atoms with Gasteiger partial charge in [0.1, 0.15) is 11.4 Å². The van der Waals surface area contributed by atoms with Crippen LogP contribution in [-0.2, 0) is 9.53 Å². The fraction of sp³-hybridized carbons (Fsp3) is 0.529. The van der Waals surface area contributed by atoms with E-state index in [1.807, 2.05) is 0 Å². The van der Waals surface area contributed by atoms with Gasteiger partial charge in [0.05, 0.1) is 0 Å². The van der Waals surface area contributed by atoms with Crippen LogP contribution in [0.1, 0.15) is 39.2 Å². The minimum Gasteiger partial charge on any atom is -0.444 e. The molecule has 0 bridgehead atoms. The summed E-state index contributed by atoms with van der Waals surface area (Å²) in [5.74, 6) is -0.571. The molecule has 0 saturated heterocycles. The summed E-state index contributed by atoms with van der Waals surface area (Å²) >= 11 is 0. The third-order valence-electron chi connectivity index (χ3n) is 3.06. The summed E-state index contributed by atoms with van der Waals surface area (Å²) in [5, 5.41) is 2.64. The van der Waals surface area contributed by atoms with Crippen LogP contribution in [0.4, 0.5) is 14.9 Å². The van der Waals surface area contributed by atoms with Crippen molar-refractivity contribution in [3.05, 3.63) is 29.6 Å². The molecular formula is C17H25FN2O3. The number of benzene rings is 1. The number of nitrogens with zero attached hydrogens (tertiary/aromatic N) is 1. The van der Waals surface area contributed by atoms with Gasteiger partial charge in [0.15, 0.2) is 0 Å². The molecule has 0 spiro atoms. The second-order valence-corrected chi connectivity index (χ2v) is 6.52. The van der Waals surface area contributed by atoms with E-state index in [-0.39, 0.29) is 18.1 Å². The standard InChI is InChI=1S/C17H25FN2O3/c1-12-8-9-13(11-14(12)18)19-15(21)7-6-10-20(5)16(22)23-17(2,3)4/h8-9,11H,6-7,10H2,1-5H3,(H,19,21). The normalized spacial score (nSPS) is 11.0. The van der Waals surface area contributed by atoms with Crippen LogP contribution in [0.25, 0.3) is 0 Å². The Morgan fingerprint density at radius 3 is 2.52 bits per heavy atom. The van der Waals surface area contributed by atoms with Crippen molar-refractivity contribution < 1.29 is 18.7 Å². The van der Waals surface area contributed by atoms with Gasteiger partial charge >= 0.3 is 6.09 Å². The fourth-order valence-electron chi connectivity index (χ4n) is 1.80. The summed E-state index contributed by atoms with van der Waals surface area (Å²) in [7, 11) is 1.63. The fourth-order valence-corrected chi connectivity index (χ4v) is 1.80. The summed E-state index contributed by atoms with van der Waals surface area (Å²) < 4.78 is 18.6. The Labute approximate surface area is 136 Å². The molecule has 23 heavy (non-hydrogen) atoms. The number of nitrogens with one attached hydrogen (secondary N) is 1. The maximum absolute atomic E-state index is 13.4. The van der Waals surface area contributed by atoms with Crippen LogP contribution in [-0.4, -0.2) is 36.1 Å². The Hall–Kier alpha value is -2.11. The Morgan fingerprint density at radius 1 is 1.30 bits per heavy atom. The van der Waals surface area contributed by atoms with E-state index < -0.39 is 11.7 Å². The molecule has 5 nitrogen and oxygen atoms in total. The predicted molar refractivity (Wildman–Crippen MR) is 87.9 cm³/mol. The summed E-state index contributed by atoms with van der Waals surface area (Å²) in [4.78, 5) is 25.0. The molecule has 6 heteroatoms.